The highest BCUT2D eigenvalue weighted by Gasteiger charge is 2.30. The summed E-state index contributed by atoms with van der Waals surface area (Å²) in [7, 11) is 6.61. The van der Waals surface area contributed by atoms with Crippen LogP contribution in [0.1, 0.15) is 71.3 Å². The molecule has 13 nitrogen and oxygen atoms in total. The summed E-state index contributed by atoms with van der Waals surface area (Å²) in [6, 6.07) is 19.9. The predicted octanol–water partition coefficient (Wildman–Crippen LogP) is 8.83. The third-order valence-corrected chi connectivity index (χ3v) is 10.2. The molecule has 1 aliphatic rings. The quantitative estimate of drug-likeness (QED) is 0.0893. The predicted molar refractivity (Wildman–Crippen MR) is 237 cm³/mol. The number of rotatable bonds is 16. The summed E-state index contributed by atoms with van der Waals surface area (Å²) >= 11 is 0. The van der Waals surface area contributed by atoms with Crippen molar-refractivity contribution in [2.45, 2.75) is 86.0 Å². The number of ether oxygens (including phenoxy) is 5. The van der Waals surface area contributed by atoms with Crippen molar-refractivity contribution >= 4 is 39.8 Å². The van der Waals surface area contributed by atoms with Gasteiger partial charge in [0.2, 0.25) is 5.91 Å². The number of anilines is 1. The zero-order valence-electron chi connectivity index (χ0n) is 37.0. The van der Waals surface area contributed by atoms with E-state index in [9.17, 15) is 9.59 Å². The highest BCUT2D eigenvalue weighted by molar-refractivity contribution is 6.07. The summed E-state index contributed by atoms with van der Waals surface area (Å²) in [5.41, 5.74) is 3.92. The van der Waals surface area contributed by atoms with Crippen molar-refractivity contribution in [1.29, 1.82) is 0 Å². The van der Waals surface area contributed by atoms with Crippen LogP contribution in [0.3, 0.4) is 0 Å². The molecule has 3 heterocycles. The number of methoxy groups -OCH3 is 4. The Morgan fingerprint density at radius 3 is 2.00 bits per heavy atom. The molecule has 0 radical (unpaired) electrons. The van der Waals surface area contributed by atoms with E-state index in [0.29, 0.717) is 62.3 Å². The normalized spacial score (nSPS) is 13.1. The van der Waals surface area contributed by atoms with Gasteiger partial charge in [-0.05, 0) is 57.5 Å². The standard InChI is InChI=1S/C45H56N6O7.C2H6/c1-9-10-17-39-47-41-42(51(39)23-14-13-22-48-24-25-49(30-40(48)52)44(53)58-45(2,3)4)35-15-11-12-16-36(35)46-43(41)50(28-31-18-20-33(54-5)26-37(31)56-7)29-32-19-21-34(55-6)27-38(32)57-8;1-2/h11-16,18-21,26-27H,9-10,17,22-25,28-30H2,1-8H3;1-2H3/b14-13+;. The topological polar surface area (TPSA) is 121 Å². The van der Waals surface area contributed by atoms with E-state index in [4.69, 9.17) is 33.7 Å². The molecule has 1 saturated heterocycles. The first kappa shape index (κ1) is 45.1. The first-order chi connectivity index (χ1) is 29.0. The molecular formula is C47H62N6O7. The van der Waals surface area contributed by atoms with Crippen LogP contribution in [0, 0.1) is 0 Å². The number of pyridine rings is 1. The van der Waals surface area contributed by atoms with Gasteiger partial charge >= 0.3 is 6.09 Å². The van der Waals surface area contributed by atoms with Gasteiger partial charge in [0.05, 0.1) is 39.5 Å². The number of unbranched alkanes of at least 4 members (excludes halogenated alkanes) is 1. The summed E-state index contributed by atoms with van der Waals surface area (Å²) in [6.45, 7) is 14.4. The van der Waals surface area contributed by atoms with Crippen LogP contribution in [0.5, 0.6) is 23.0 Å². The van der Waals surface area contributed by atoms with Crippen LogP contribution in [0.25, 0.3) is 21.9 Å². The third-order valence-electron chi connectivity index (χ3n) is 10.2. The van der Waals surface area contributed by atoms with Gasteiger partial charge in [0.25, 0.3) is 0 Å². The summed E-state index contributed by atoms with van der Waals surface area (Å²) in [6.07, 6.45) is 6.44. The first-order valence-corrected chi connectivity index (χ1v) is 20.8. The van der Waals surface area contributed by atoms with Crippen molar-refractivity contribution in [3.05, 3.63) is 89.8 Å². The number of carbonyl (C=O) groups excluding carboxylic acids is 2. The van der Waals surface area contributed by atoms with Crippen LogP contribution < -0.4 is 23.8 Å². The number of aryl methyl sites for hydroxylation is 1. The average Bonchev–Trinajstić information content (AvgIpc) is 3.62. The van der Waals surface area contributed by atoms with E-state index in [1.807, 2.05) is 95.3 Å². The van der Waals surface area contributed by atoms with Crippen LogP contribution in [0.4, 0.5) is 10.6 Å². The van der Waals surface area contributed by atoms with Crippen molar-refractivity contribution in [3.8, 4) is 23.0 Å². The van der Waals surface area contributed by atoms with Gasteiger partial charge in [-0.1, -0.05) is 57.5 Å². The van der Waals surface area contributed by atoms with E-state index < -0.39 is 11.7 Å². The number of carbonyl (C=O) groups is 2. The molecule has 0 unspecified atom stereocenters. The summed E-state index contributed by atoms with van der Waals surface area (Å²) in [5.74, 6) is 4.40. The average molecular weight is 823 g/mol. The molecule has 2 amide bonds. The maximum absolute atomic E-state index is 13.1. The number of para-hydroxylation sites is 1. The van der Waals surface area contributed by atoms with Gasteiger partial charge in [-0.25, -0.2) is 14.8 Å². The molecule has 6 rings (SSSR count). The van der Waals surface area contributed by atoms with Gasteiger partial charge in [0.15, 0.2) is 5.82 Å². The third kappa shape index (κ3) is 10.8. The highest BCUT2D eigenvalue weighted by atomic mass is 16.6. The van der Waals surface area contributed by atoms with E-state index in [2.05, 4.69) is 28.5 Å². The molecular weight excluding hydrogens is 761 g/mol. The van der Waals surface area contributed by atoms with Crippen molar-refractivity contribution in [3.63, 3.8) is 0 Å². The molecule has 322 valence electrons. The van der Waals surface area contributed by atoms with Gasteiger partial charge in [0, 0.05) is 74.3 Å². The van der Waals surface area contributed by atoms with E-state index >= 15 is 0 Å². The lowest BCUT2D eigenvalue weighted by atomic mass is 10.1. The molecule has 0 bridgehead atoms. The SMILES string of the molecule is CC.CCCCc1nc2c(N(Cc3ccc(OC)cc3OC)Cc3ccc(OC)cc3OC)nc3ccccc3c2n1C/C=C/CN1CCN(C(=O)OC(C)(C)C)CC1=O. The number of piperazine rings is 1. The Hall–Kier alpha value is -5.98. The molecule has 2 aromatic heterocycles. The minimum absolute atomic E-state index is 0.000849. The number of benzene rings is 3. The summed E-state index contributed by atoms with van der Waals surface area (Å²) < 4.78 is 30.6. The summed E-state index contributed by atoms with van der Waals surface area (Å²) in [5, 5.41) is 1.00. The fourth-order valence-corrected chi connectivity index (χ4v) is 7.16. The molecule has 0 N–H and O–H groups in total. The Morgan fingerprint density at radius 1 is 0.817 bits per heavy atom. The Bertz CT molecular complexity index is 2210. The number of aromatic nitrogens is 3. The lowest BCUT2D eigenvalue weighted by Gasteiger charge is -2.34. The minimum atomic E-state index is -0.623. The second-order valence-electron chi connectivity index (χ2n) is 15.3. The number of fused-ring (bicyclic) bond motifs is 3. The van der Waals surface area contributed by atoms with Crippen LogP contribution in [0.15, 0.2) is 72.8 Å². The van der Waals surface area contributed by atoms with Gasteiger partial charge in [-0.15, -0.1) is 0 Å². The molecule has 3 aromatic carbocycles. The molecule has 0 saturated carbocycles. The number of hydrogen-bond donors (Lipinski definition) is 0. The first-order valence-electron chi connectivity index (χ1n) is 20.8. The van der Waals surface area contributed by atoms with E-state index in [1.165, 1.54) is 4.90 Å². The second kappa shape index (κ2) is 20.8. The fourth-order valence-electron chi connectivity index (χ4n) is 7.16. The van der Waals surface area contributed by atoms with E-state index in [-0.39, 0.29) is 12.5 Å². The zero-order chi connectivity index (χ0) is 43.4. The monoisotopic (exact) mass is 822 g/mol. The number of allylic oxidation sites excluding steroid dienone is 1. The maximum Gasteiger partial charge on any atom is 0.410 e. The van der Waals surface area contributed by atoms with Crippen molar-refractivity contribution in [2.75, 3.05) is 59.5 Å². The molecule has 1 aliphatic heterocycles. The molecule has 60 heavy (non-hydrogen) atoms. The van der Waals surface area contributed by atoms with Crippen LogP contribution in [-0.2, 0) is 35.6 Å². The van der Waals surface area contributed by atoms with Gasteiger partial charge in [0.1, 0.15) is 46.5 Å². The maximum atomic E-state index is 13.1. The van der Waals surface area contributed by atoms with E-state index in [0.717, 1.165) is 64.0 Å². The molecule has 0 spiro atoms. The summed E-state index contributed by atoms with van der Waals surface area (Å²) in [4.78, 5) is 41.9. The lowest BCUT2D eigenvalue weighted by molar-refractivity contribution is -0.135. The Labute approximate surface area is 354 Å². The van der Waals surface area contributed by atoms with Crippen molar-refractivity contribution in [2.24, 2.45) is 0 Å². The fraction of sp³-hybridized carbons (Fsp3) is 0.447. The lowest BCUT2D eigenvalue weighted by Crippen LogP contribution is -2.53. The van der Waals surface area contributed by atoms with Crippen LogP contribution in [-0.4, -0.2) is 96.6 Å². The minimum Gasteiger partial charge on any atom is -0.497 e. The van der Waals surface area contributed by atoms with Gasteiger partial charge in [-0.3, -0.25) is 9.69 Å². The number of amides is 2. The van der Waals surface area contributed by atoms with Gasteiger partial charge in [-0.2, -0.15) is 0 Å². The number of nitrogens with zero attached hydrogens (tertiary/aromatic N) is 6. The van der Waals surface area contributed by atoms with Crippen LogP contribution >= 0.6 is 0 Å². The number of imidazole rings is 1. The molecule has 0 atom stereocenters. The smallest absolute Gasteiger partial charge is 0.410 e. The Kier molecular flexibility index (Phi) is 15.7. The van der Waals surface area contributed by atoms with Gasteiger partial charge < -0.3 is 38.1 Å². The Balaban J connectivity index is 0.00000336. The van der Waals surface area contributed by atoms with Crippen molar-refractivity contribution < 1.29 is 33.3 Å². The molecule has 1 fully saturated rings. The highest BCUT2D eigenvalue weighted by Crippen LogP contribution is 2.37. The number of hydrogen-bond acceptors (Lipinski definition) is 10. The van der Waals surface area contributed by atoms with E-state index in [1.54, 1.807) is 33.3 Å². The zero-order valence-corrected chi connectivity index (χ0v) is 37.0. The van der Waals surface area contributed by atoms with Crippen molar-refractivity contribution in [1.82, 2.24) is 24.3 Å². The molecule has 13 heteroatoms. The largest absolute Gasteiger partial charge is 0.497 e. The van der Waals surface area contributed by atoms with Crippen LogP contribution in [0.2, 0.25) is 0 Å². The molecule has 5 aromatic rings. The molecule has 0 aliphatic carbocycles. The Morgan fingerprint density at radius 2 is 1.43 bits per heavy atom. The second-order valence-corrected chi connectivity index (χ2v) is 15.3.